The van der Waals surface area contributed by atoms with Gasteiger partial charge in [0.1, 0.15) is 6.10 Å². The molecule has 0 aliphatic carbocycles. The van der Waals surface area contributed by atoms with E-state index in [9.17, 15) is 19.3 Å². The first-order valence-corrected chi connectivity index (χ1v) is 8.53. The van der Waals surface area contributed by atoms with E-state index < -0.39 is 37.9 Å². The molecule has 0 spiro atoms. The number of hydrogen-bond donors (Lipinski definition) is 4. The Labute approximate surface area is 130 Å². The summed E-state index contributed by atoms with van der Waals surface area (Å²) in [6.45, 7) is 1.44. The molecular weight excluding hydrogens is 331 g/mol. The first kappa shape index (κ1) is 18.1. The molecule has 10 nitrogen and oxygen atoms in total. The van der Waals surface area contributed by atoms with Crippen LogP contribution in [0.4, 0.5) is 0 Å². The summed E-state index contributed by atoms with van der Waals surface area (Å²) in [6, 6.07) is 0. The van der Waals surface area contributed by atoms with Crippen molar-refractivity contribution in [1.82, 2.24) is 9.55 Å². The van der Waals surface area contributed by atoms with Crippen LogP contribution in [0.1, 0.15) is 18.4 Å². The van der Waals surface area contributed by atoms with E-state index in [1.807, 2.05) is 0 Å². The van der Waals surface area contributed by atoms with E-state index in [4.69, 9.17) is 14.5 Å². The van der Waals surface area contributed by atoms with Gasteiger partial charge < -0.3 is 24.2 Å². The zero-order valence-corrected chi connectivity index (χ0v) is 13.3. The number of aliphatic hydroxyl groups excluding tert-OH is 1. The number of nitrogens with zero attached hydrogens (tertiary/aromatic N) is 1. The number of H-pyrrole nitrogens is 1. The Morgan fingerprint density at radius 3 is 2.83 bits per heavy atom. The summed E-state index contributed by atoms with van der Waals surface area (Å²) in [7, 11) is -4.61. The highest BCUT2D eigenvalue weighted by Gasteiger charge is 2.35. The van der Waals surface area contributed by atoms with Crippen LogP contribution in [0.2, 0.25) is 0 Å². The van der Waals surface area contributed by atoms with Crippen LogP contribution in [0.25, 0.3) is 0 Å². The van der Waals surface area contributed by atoms with Gasteiger partial charge in [-0.1, -0.05) is 0 Å². The third-order valence-corrected chi connectivity index (χ3v) is 4.07. The molecule has 0 amide bonds. The minimum atomic E-state index is -4.61. The van der Waals surface area contributed by atoms with Gasteiger partial charge in [0.05, 0.1) is 18.8 Å². The van der Waals surface area contributed by atoms with E-state index in [2.05, 4.69) is 9.51 Å². The second-order valence-corrected chi connectivity index (χ2v) is 6.68. The van der Waals surface area contributed by atoms with Crippen molar-refractivity contribution in [1.29, 1.82) is 0 Å². The number of aliphatic hydroxyl groups is 1. The molecule has 130 valence electrons. The average Bonchev–Trinajstić information content (AvgIpc) is 2.79. The van der Waals surface area contributed by atoms with E-state index >= 15 is 0 Å². The zero-order chi connectivity index (χ0) is 17.2. The van der Waals surface area contributed by atoms with Crippen LogP contribution in [0.15, 0.2) is 15.8 Å². The van der Waals surface area contributed by atoms with Crippen molar-refractivity contribution in [2.24, 2.45) is 0 Å². The van der Waals surface area contributed by atoms with E-state index in [1.54, 1.807) is 6.92 Å². The molecule has 1 aliphatic rings. The molecule has 2 rings (SSSR count). The Kier molecular flexibility index (Phi) is 5.56. The fourth-order valence-corrected chi connectivity index (χ4v) is 2.73. The number of phosphoric acid groups is 1. The third kappa shape index (κ3) is 5.10. The lowest BCUT2D eigenvalue weighted by atomic mass is 10.1. The molecule has 0 radical (unpaired) electrons. The van der Waals surface area contributed by atoms with Crippen molar-refractivity contribution in [3.63, 3.8) is 0 Å². The molecule has 0 bridgehead atoms. The van der Waals surface area contributed by atoms with Gasteiger partial charge in [0.2, 0.25) is 0 Å². The number of aromatic amines is 1. The Morgan fingerprint density at radius 1 is 1.48 bits per heavy atom. The highest BCUT2D eigenvalue weighted by Crippen LogP contribution is 2.37. The van der Waals surface area contributed by atoms with Gasteiger partial charge in [-0.05, 0) is 13.3 Å². The van der Waals surface area contributed by atoms with Crippen LogP contribution in [0, 0.1) is 6.92 Å². The van der Waals surface area contributed by atoms with Crippen molar-refractivity contribution in [2.75, 3.05) is 6.61 Å². The van der Waals surface area contributed by atoms with E-state index in [1.165, 1.54) is 10.8 Å². The maximum atomic E-state index is 11.6. The number of aromatic nitrogens is 2. The molecule has 1 aromatic heterocycles. The van der Waals surface area contributed by atoms with Gasteiger partial charge in [-0.15, -0.1) is 0 Å². The van der Waals surface area contributed by atoms with Gasteiger partial charge in [-0.2, -0.15) is 0 Å². The Balaban J connectivity index is 1.90. The molecule has 4 N–H and O–H groups in total. The minimum Gasteiger partial charge on any atom is -0.390 e. The number of rotatable bonds is 6. The standard InChI is InChI=1S/C12H19N2O8P/c1-7-5-14(12(17)13-11(7)16)3-2-8-4-9(15)10(22-8)6-21-23(18,19)20/h5,8-10,15H,2-4,6H2,1H3,(H,13,16,17)(H2,18,19,20)/t8-,9-,10+/m0/s1. The van der Waals surface area contributed by atoms with Crippen molar-refractivity contribution in [3.8, 4) is 0 Å². The quantitative estimate of drug-likeness (QED) is 0.470. The Morgan fingerprint density at radius 2 is 2.17 bits per heavy atom. The molecule has 1 fully saturated rings. The molecule has 0 saturated carbocycles. The van der Waals surface area contributed by atoms with Gasteiger partial charge in [0, 0.05) is 24.7 Å². The maximum absolute atomic E-state index is 11.6. The normalized spacial score (nSPS) is 25.0. The smallest absolute Gasteiger partial charge is 0.390 e. The molecular formula is C12H19N2O8P. The van der Waals surface area contributed by atoms with Crippen molar-refractivity contribution < 1.29 is 28.7 Å². The van der Waals surface area contributed by atoms with E-state index in [-0.39, 0.29) is 19.1 Å². The lowest BCUT2D eigenvalue weighted by Gasteiger charge is -2.15. The summed E-state index contributed by atoms with van der Waals surface area (Å²) >= 11 is 0. The molecule has 23 heavy (non-hydrogen) atoms. The second-order valence-electron chi connectivity index (χ2n) is 5.44. The lowest BCUT2D eigenvalue weighted by molar-refractivity contribution is -0.0241. The van der Waals surface area contributed by atoms with Gasteiger partial charge in [0.15, 0.2) is 0 Å². The molecule has 2 heterocycles. The lowest BCUT2D eigenvalue weighted by Crippen LogP contribution is -2.31. The van der Waals surface area contributed by atoms with Gasteiger partial charge in [-0.3, -0.25) is 14.3 Å². The highest BCUT2D eigenvalue weighted by molar-refractivity contribution is 7.46. The minimum absolute atomic E-state index is 0.270. The predicted molar refractivity (Wildman–Crippen MR) is 78.0 cm³/mol. The SMILES string of the molecule is Cc1cn(CC[C@H]2C[C@H](O)[C@@H](COP(=O)(O)O)O2)c(=O)[nH]c1=O. The number of nitrogens with one attached hydrogen (secondary N) is 1. The van der Waals surface area contributed by atoms with Crippen LogP contribution < -0.4 is 11.2 Å². The topological polar surface area (TPSA) is 151 Å². The maximum Gasteiger partial charge on any atom is 0.469 e. The Bertz CT molecular complexity index is 708. The molecule has 3 atom stereocenters. The van der Waals surface area contributed by atoms with Gasteiger partial charge in [-0.25, -0.2) is 9.36 Å². The summed E-state index contributed by atoms with van der Waals surface area (Å²) < 4.78 is 21.8. The van der Waals surface area contributed by atoms with Crippen molar-refractivity contribution in [3.05, 3.63) is 32.6 Å². The van der Waals surface area contributed by atoms with Crippen LogP contribution in [0.5, 0.6) is 0 Å². The third-order valence-electron chi connectivity index (χ3n) is 3.59. The van der Waals surface area contributed by atoms with Gasteiger partial charge in [0.25, 0.3) is 5.56 Å². The summed E-state index contributed by atoms with van der Waals surface area (Å²) in [6.07, 6.45) is -0.000960. The summed E-state index contributed by atoms with van der Waals surface area (Å²) in [4.78, 5) is 42.4. The van der Waals surface area contributed by atoms with Crippen molar-refractivity contribution >= 4 is 7.82 Å². The first-order chi connectivity index (χ1) is 10.7. The molecule has 1 aliphatic heterocycles. The number of ether oxygens (including phenoxy) is 1. The summed E-state index contributed by atoms with van der Waals surface area (Å²) in [5, 5.41) is 9.81. The van der Waals surface area contributed by atoms with Crippen molar-refractivity contribution in [2.45, 2.75) is 44.6 Å². The Hall–Kier alpha value is -1.29. The largest absolute Gasteiger partial charge is 0.469 e. The zero-order valence-electron chi connectivity index (χ0n) is 12.4. The number of hydrogen-bond acceptors (Lipinski definition) is 6. The van der Waals surface area contributed by atoms with Crippen LogP contribution in [-0.4, -0.2) is 49.4 Å². The fourth-order valence-electron chi connectivity index (χ4n) is 2.39. The summed E-state index contributed by atoms with van der Waals surface area (Å²) in [5.41, 5.74) is -0.557. The molecule has 11 heteroatoms. The number of aryl methyl sites for hydroxylation is 2. The predicted octanol–water partition coefficient (Wildman–Crippen LogP) is -1.14. The molecule has 1 saturated heterocycles. The molecule has 1 aromatic rings. The second kappa shape index (κ2) is 7.08. The van der Waals surface area contributed by atoms with E-state index in [0.717, 1.165) is 0 Å². The highest BCUT2D eigenvalue weighted by atomic mass is 31.2. The molecule has 0 unspecified atom stereocenters. The number of phosphoric ester groups is 1. The molecule has 0 aromatic carbocycles. The summed E-state index contributed by atoms with van der Waals surface area (Å²) in [5.74, 6) is 0. The van der Waals surface area contributed by atoms with Gasteiger partial charge >= 0.3 is 13.5 Å². The average molecular weight is 350 g/mol. The monoisotopic (exact) mass is 350 g/mol. The van der Waals surface area contributed by atoms with E-state index in [0.29, 0.717) is 12.0 Å². The fraction of sp³-hybridized carbons (Fsp3) is 0.667. The van der Waals surface area contributed by atoms with Crippen LogP contribution in [0.3, 0.4) is 0 Å². The van der Waals surface area contributed by atoms with Crippen LogP contribution in [-0.2, 0) is 20.4 Å². The first-order valence-electron chi connectivity index (χ1n) is 6.99. The van der Waals surface area contributed by atoms with Crippen LogP contribution >= 0.6 is 7.82 Å².